The topological polar surface area (TPSA) is 67.3 Å². The lowest BCUT2D eigenvalue weighted by atomic mass is 10.2. The van der Waals surface area contributed by atoms with Crippen LogP contribution in [0.3, 0.4) is 0 Å². The van der Waals surface area contributed by atoms with E-state index in [1.807, 2.05) is 20.8 Å². The van der Waals surface area contributed by atoms with Gasteiger partial charge in [-0.3, -0.25) is 4.79 Å². The first-order valence-electron chi connectivity index (χ1n) is 7.01. The molecular weight excluding hydrogens is 292 g/mol. The molecule has 7 heteroatoms. The molecule has 0 aromatic carbocycles. The van der Waals surface area contributed by atoms with Crippen molar-refractivity contribution in [3.05, 3.63) is 17.0 Å². The Labute approximate surface area is 130 Å². The van der Waals surface area contributed by atoms with E-state index in [2.05, 4.69) is 15.3 Å². The molecule has 0 unspecified atom stereocenters. The van der Waals surface area contributed by atoms with Gasteiger partial charge in [-0.25, -0.2) is 9.97 Å². The Bertz CT molecular complexity index is 468. The first kappa shape index (κ1) is 17.7. The van der Waals surface area contributed by atoms with E-state index in [0.29, 0.717) is 42.5 Å². The normalized spacial score (nSPS) is 10.8. The highest BCUT2D eigenvalue weighted by Crippen LogP contribution is 2.15. The highest BCUT2D eigenvalue weighted by atomic mass is 35.5. The summed E-state index contributed by atoms with van der Waals surface area (Å²) in [5.41, 5.74) is 0. The molecule has 0 fully saturated rings. The van der Waals surface area contributed by atoms with Crippen LogP contribution < -0.4 is 10.2 Å². The fourth-order valence-corrected chi connectivity index (χ4v) is 1.77. The standard InChI is InChI=1S/C14H23ClN4O2/c1-5-21-9-12-17-11(15)6-13(18-12)19(4)8-14(20)16-7-10(2)3/h6,10H,5,7-9H2,1-4H3,(H,16,20). The lowest BCUT2D eigenvalue weighted by Gasteiger charge is -2.19. The Morgan fingerprint density at radius 3 is 2.81 bits per heavy atom. The molecule has 6 nitrogen and oxygen atoms in total. The highest BCUT2D eigenvalue weighted by molar-refractivity contribution is 6.29. The van der Waals surface area contributed by atoms with Gasteiger partial charge in [0.25, 0.3) is 0 Å². The number of aromatic nitrogens is 2. The summed E-state index contributed by atoms with van der Waals surface area (Å²) in [6.45, 7) is 7.76. The average molecular weight is 315 g/mol. The number of ether oxygens (including phenoxy) is 1. The molecule has 0 aliphatic carbocycles. The molecule has 0 saturated heterocycles. The second-order valence-electron chi connectivity index (χ2n) is 5.16. The van der Waals surface area contributed by atoms with E-state index in [0.717, 1.165) is 0 Å². The minimum atomic E-state index is -0.0488. The molecule has 0 aliphatic rings. The Morgan fingerprint density at radius 2 is 2.19 bits per heavy atom. The van der Waals surface area contributed by atoms with Gasteiger partial charge < -0.3 is 15.0 Å². The van der Waals surface area contributed by atoms with Crippen molar-refractivity contribution in [1.29, 1.82) is 0 Å². The van der Waals surface area contributed by atoms with Crippen LogP contribution in [0.1, 0.15) is 26.6 Å². The molecule has 1 aromatic rings. The maximum atomic E-state index is 11.8. The number of nitrogens with one attached hydrogen (secondary N) is 1. The summed E-state index contributed by atoms with van der Waals surface area (Å²) in [5, 5.41) is 3.20. The molecule has 0 bridgehead atoms. The fraction of sp³-hybridized carbons (Fsp3) is 0.643. The number of anilines is 1. The number of amides is 1. The van der Waals surface area contributed by atoms with Gasteiger partial charge in [0.15, 0.2) is 5.82 Å². The third kappa shape index (κ3) is 6.73. The van der Waals surface area contributed by atoms with Crippen molar-refractivity contribution in [2.24, 2.45) is 5.92 Å². The summed E-state index contributed by atoms with van der Waals surface area (Å²) in [6.07, 6.45) is 0. The molecule has 1 heterocycles. The molecule has 1 aromatic heterocycles. The van der Waals surface area contributed by atoms with E-state index < -0.39 is 0 Å². The highest BCUT2D eigenvalue weighted by Gasteiger charge is 2.11. The predicted octanol–water partition coefficient (Wildman–Crippen LogP) is 1.87. The van der Waals surface area contributed by atoms with Gasteiger partial charge in [-0.15, -0.1) is 0 Å². The van der Waals surface area contributed by atoms with Crippen LogP contribution in [0.4, 0.5) is 5.82 Å². The third-order valence-electron chi connectivity index (χ3n) is 2.64. The van der Waals surface area contributed by atoms with E-state index in [-0.39, 0.29) is 12.5 Å². The van der Waals surface area contributed by atoms with Gasteiger partial charge in [-0.1, -0.05) is 25.4 Å². The monoisotopic (exact) mass is 314 g/mol. The summed E-state index contributed by atoms with van der Waals surface area (Å²) < 4.78 is 5.27. The quantitative estimate of drug-likeness (QED) is 0.742. The van der Waals surface area contributed by atoms with Crippen molar-refractivity contribution in [3.8, 4) is 0 Å². The molecular formula is C14H23ClN4O2. The zero-order valence-electron chi connectivity index (χ0n) is 13.0. The molecule has 1 rings (SSSR count). The van der Waals surface area contributed by atoms with Crippen LogP contribution in [-0.4, -0.2) is 42.6 Å². The number of carbonyl (C=O) groups is 1. The Kier molecular flexibility index (Phi) is 7.39. The van der Waals surface area contributed by atoms with E-state index in [1.54, 1.807) is 18.0 Å². The van der Waals surface area contributed by atoms with Gasteiger partial charge in [0, 0.05) is 26.3 Å². The smallest absolute Gasteiger partial charge is 0.239 e. The molecule has 0 spiro atoms. The molecule has 21 heavy (non-hydrogen) atoms. The fourth-order valence-electron chi connectivity index (χ4n) is 1.58. The molecule has 0 radical (unpaired) electrons. The molecule has 1 N–H and O–H groups in total. The van der Waals surface area contributed by atoms with Gasteiger partial charge in [0.2, 0.25) is 5.91 Å². The minimum Gasteiger partial charge on any atom is -0.374 e. The van der Waals surface area contributed by atoms with Crippen LogP contribution in [0.2, 0.25) is 5.15 Å². The number of likely N-dealkylation sites (N-methyl/N-ethyl adjacent to an activating group) is 1. The molecule has 1 amide bonds. The van der Waals surface area contributed by atoms with Gasteiger partial charge in [0.05, 0.1) is 6.54 Å². The van der Waals surface area contributed by atoms with Crippen molar-refractivity contribution < 1.29 is 9.53 Å². The Morgan fingerprint density at radius 1 is 1.48 bits per heavy atom. The van der Waals surface area contributed by atoms with Gasteiger partial charge in [-0.2, -0.15) is 0 Å². The van der Waals surface area contributed by atoms with E-state index in [4.69, 9.17) is 16.3 Å². The molecule has 0 atom stereocenters. The predicted molar refractivity (Wildman–Crippen MR) is 83.5 cm³/mol. The van der Waals surface area contributed by atoms with Crippen molar-refractivity contribution in [3.63, 3.8) is 0 Å². The van der Waals surface area contributed by atoms with Crippen molar-refractivity contribution in [2.75, 3.05) is 31.6 Å². The average Bonchev–Trinajstić information content (AvgIpc) is 2.42. The second kappa shape index (κ2) is 8.79. The number of rotatable bonds is 8. The largest absolute Gasteiger partial charge is 0.374 e. The van der Waals surface area contributed by atoms with Crippen molar-refractivity contribution >= 4 is 23.3 Å². The van der Waals surface area contributed by atoms with Crippen LogP contribution in [0.5, 0.6) is 0 Å². The van der Waals surface area contributed by atoms with E-state index >= 15 is 0 Å². The molecule has 118 valence electrons. The van der Waals surface area contributed by atoms with Crippen LogP contribution >= 0.6 is 11.6 Å². The van der Waals surface area contributed by atoms with Gasteiger partial charge in [0.1, 0.15) is 17.6 Å². The molecule has 0 saturated carbocycles. The van der Waals surface area contributed by atoms with Crippen molar-refractivity contribution in [2.45, 2.75) is 27.4 Å². The lowest BCUT2D eigenvalue weighted by molar-refractivity contribution is -0.119. The number of hydrogen-bond acceptors (Lipinski definition) is 5. The minimum absolute atomic E-state index is 0.0488. The number of halogens is 1. The Hall–Kier alpha value is -1.40. The van der Waals surface area contributed by atoms with Crippen LogP contribution in [-0.2, 0) is 16.1 Å². The van der Waals surface area contributed by atoms with E-state index in [1.165, 1.54) is 0 Å². The van der Waals surface area contributed by atoms with Crippen LogP contribution in [0.25, 0.3) is 0 Å². The molecule has 0 aliphatic heterocycles. The summed E-state index contributed by atoms with van der Waals surface area (Å²) in [6, 6.07) is 1.63. The lowest BCUT2D eigenvalue weighted by Crippen LogP contribution is -2.37. The number of carbonyl (C=O) groups excluding carboxylic acids is 1. The van der Waals surface area contributed by atoms with E-state index in [9.17, 15) is 4.79 Å². The summed E-state index contributed by atoms with van der Waals surface area (Å²) in [4.78, 5) is 22.0. The van der Waals surface area contributed by atoms with Crippen LogP contribution in [0.15, 0.2) is 6.07 Å². The SMILES string of the molecule is CCOCc1nc(Cl)cc(N(C)CC(=O)NCC(C)C)n1. The second-order valence-corrected chi connectivity index (χ2v) is 5.54. The number of hydrogen-bond donors (Lipinski definition) is 1. The maximum Gasteiger partial charge on any atom is 0.239 e. The Balaban J connectivity index is 2.66. The van der Waals surface area contributed by atoms with Crippen LogP contribution in [0, 0.1) is 5.92 Å². The number of nitrogens with zero attached hydrogens (tertiary/aromatic N) is 3. The zero-order chi connectivity index (χ0) is 15.8. The summed E-state index contributed by atoms with van der Waals surface area (Å²) >= 11 is 5.98. The first-order chi connectivity index (χ1) is 9.92. The zero-order valence-corrected chi connectivity index (χ0v) is 13.8. The van der Waals surface area contributed by atoms with Gasteiger partial charge >= 0.3 is 0 Å². The maximum absolute atomic E-state index is 11.8. The van der Waals surface area contributed by atoms with Crippen molar-refractivity contribution in [1.82, 2.24) is 15.3 Å². The third-order valence-corrected chi connectivity index (χ3v) is 2.84. The summed E-state index contributed by atoms with van der Waals surface area (Å²) in [5.74, 6) is 1.48. The first-order valence-corrected chi connectivity index (χ1v) is 7.39. The van der Waals surface area contributed by atoms with Gasteiger partial charge in [-0.05, 0) is 12.8 Å². The summed E-state index contributed by atoms with van der Waals surface area (Å²) in [7, 11) is 1.79.